The summed E-state index contributed by atoms with van der Waals surface area (Å²) in [5.74, 6) is 1.83. The third-order valence-corrected chi connectivity index (χ3v) is 5.40. The Morgan fingerprint density at radius 3 is 2.60 bits per heavy atom. The number of hydrogen-bond acceptors (Lipinski definition) is 4. The van der Waals surface area contributed by atoms with Crippen LogP contribution in [0.25, 0.3) is 10.9 Å². The van der Waals surface area contributed by atoms with Crippen molar-refractivity contribution >= 4 is 28.6 Å². The highest BCUT2D eigenvalue weighted by Gasteiger charge is 2.21. The van der Waals surface area contributed by atoms with Gasteiger partial charge >= 0.3 is 0 Å². The molecule has 1 amide bonds. The van der Waals surface area contributed by atoms with E-state index >= 15 is 0 Å². The highest BCUT2D eigenvalue weighted by molar-refractivity contribution is 8.00. The number of rotatable bonds is 4. The van der Waals surface area contributed by atoms with Crippen LogP contribution in [0, 0.1) is 0 Å². The molecule has 1 aromatic carbocycles. The second-order valence-electron chi connectivity index (χ2n) is 7.83. The van der Waals surface area contributed by atoms with E-state index in [1.165, 1.54) is 43.9 Å². The fourth-order valence-electron chi connectivity index (χ4n) is 3.31. The fraction of sp³-hybridized carbons (Fsp3) is 0.550. The third kappa shape index (κ3) is 4.94. The predicted molar refractivity (Wildman–Crippen MR) is 104 cm³/mol. The molecule has 1 aromatic heterocycles. The highest BCUT2D eigenvalue weighted by Crippen LogP contribution is 2.33. The van der Waals surface area contributed by atoms with E-state index in [2.05, 4.69) is 5.32 Å². The molecule has 0 radical (unpaired) electrons. The van der Waals surface area contributed by atoms with Crippen LogP contribution in [-0.2, 0) is 4.79 Å². The molecule has 2 aromatic rings. The lowest BCUT2D eigenvalue weighted by atomic mass is 9.88. The topological polar surface area (TPSA) is 54.9 Å². The molecule has 0 aliphatic heterocycles. The van der Waals surface area contributed by atoms with Gasteiger partial charge in [0.15, 0.2) is 0 Å². The Bertz CT molecular complexity index is 748. The molecule has 1 fully saturated rings. The molecular weight excluding hydrogens is 330 g/mol. The van der Waals surface area contributed by atoms with E-state index < -0.39 is 0 Å². The molecule has 0 spiro atoms. The van der Waals surface area contributed by atoms with Gasteiger partial charge in [-0.1, -0.05) is 49.2 Å². The van der Waals surface area contributed by atoms with Crippen LogP contribution in [0.4, 0.5) is 0 Å². The van der Waals surface area contributed by atoms with Crippen molar-refractivity contribution in [2.45, 2.75) is 69.4 Å². The molecule has 1 heterocycles. The van der Waals surface area contributed by atoms with Crippen molar-refractivity contribution in [2.24, 2.45) is 0 Å². The zero-order valence-electron chi connectivity index (χ0n) is 15.3. The predicted octanol–water partition coefficient (Wildman–Crippen LogP) is 4.68. The van der Waals surface area contributed by atoms with Gasteiger partial charge in [-0.2, -0.15) is 0 Å². The van der Waals surface area contributed by atoms with Gasteiger partial charge in [0, 0.05) is 16.8 Å². The minimum atomic E-state index is -0.210. The van der Waals surface area contributed by atoms with Gasteiger partial charge in [-0.3, -0.25) is 4.79 Å². The van der Waals surface area contributed by atoms with Crippen molar-refractivity contribution in [3.8, 4) is 0 Å². The maximum Gasteiger partial charge on any atom is 0.230 e. The smallest absolute Gasteiger partial charge is 0.230 e. The van der Waals surface area contributed by atoms with E-state index in [4.69, 9.17) is 9.97 Å². The first-order valence-corrected chi connectivity index (χ1v) is 10.1. The van der Waals surface area contributed by atoms with Crippen molar-refractivity contribution in [2.75, 3.05) is 5.75 Å². The Morgan fingerprint density at radius 2 is 1.88 bits per heavy atom. The minimum Gasteiger partial charge on any atom is -0.351 e. The van der Waals surface area contributed by atoms with Gasteiger partial charge in [0.2, 0.25) is 5.91 Å². The average molecular weight is 358 g/mol. The molecule has 0 saturated heterocycles. The third-order valence-electron chi connectivity index (χ3n) is 4.41. The molecule has 5 heteroatoms. The summed E-state index contributed by atoms with van der Waals surface area (Å²) in [7, 11) is 0. The fourth-order valence-corrected chi connectivity index (χ4v) is 4.13. The first kappa shape index (κ1) is 18.2. The lowest BCUT2D eigenvalue weighted by Crippen LogP contribution is -2.41. The average Bonchev–Trinajstić information content (AvgIpc) is 2.58. The van der Waals surface area contributed by atoms with E-state index in [1.54, 1.807) is 0 Å². The van der Waals surface area contributed by atoms with E-state index in [-0.39, 0.29) is 11.4 Å². The molecular formula is C20H27N3OS. The summed E-state index contributed by atoms with van der Waals surface area (Å²) < 4.78 is 0. The van der Waals surface area contributed by atoms with E-state index in [1.807, 2.05) is 45.0 Å². The van der Waals surface area contributed by atoms with Crippen LogP contribution in [0.5, 0.6) is 0 Å². The number of hydrogen-bond donors (Lipinski definition) is 1. The molecule has 1 aliphatic rings. The molecule has 1 saturated carbocycles. The first-order valence-electron chi connectivity index (χ1n) is 9.13. The van der Waals surface area contributed by atoms with E-state index in [0.717, 1.165) is 21.8 Å². The number of carbonyl (C=O) groups excluding carboxylic acids is 1. The minimum absolute atomic E-state index is 0.0411. The van der Waals surface area contributed by atoms with Gasteiger partial charge in [0.05, 0.1) is 11.3 Å². The van der Waals surface area contributed by atoms with Crippen LogP contribution in [-0.4, -0.2) is 27.2 Å². The summed E-state index contributed by atoms with van der Waals surface area (Å²) in [6.07, 6.45) is 6.19. The monoisotopic (exact) mass is 357 g/mol. The van der Waals surface area contributed by atoms with Crippen LogP contribution < -0.4 is 5.32 Å². The van der Waals surface area contributed by atoms with Gasteiger partial charge in [-0.15, -0.1) is 0 Å². The van der Waals surface area contributed by atoms with Crippen LogP contribution in [0.15, 0.2) is 29.3 Å². The van der Waals surface area contributed by atoms with Crippen molar-refractivity contribution in [3.63, 3.8) is 0 Å². The Labute approximate surface area is 154 Å². The quantitative estimate of drug-likeness (QED) is 0.637. The van der Waals surface area contributed by atoms with Crippen LogP contribution in [0.2, 0.25) is 0 Å². The zero-order chi connectivity index (χ0) is 17.9. The molecule has 3 rings (SSSR count). The number of nitrogens with zero attached hydrogens (tertiary/aromatic N) is 2. The van der Waals surface area contributed by atoms with Crippen molar-refractivity contribution in [1.82, 2.24) is 15.3 Å². The molecule has 4 nitrogen and oxygen atoms in total. The maximum atomic E-state index is 12.2. The van der Waals surface area contributed by atoms with Gasteiger partial charge in [-0.25, -0.2) is 9.97 Å². The van der Waals surface area contributed by atoms with Gasteiger partial charge in [-0.05, 0) is 39.7 Å². The van der Waals surface area contributed by atoms with Crippen LogP contribution >= 0.6 is 11.8 Å². The van der Waals surface area contributed by atoms with Gasteiger partial charge in [0.1, 0.15) is 10.9 Å². The lowest BCUT2D eigenvalue weighted by Gasteiger charge is -2.22. The zero-order valence-corrected chi connectivity index (χ0v) is 16.2. The summed E-state index contributed by atoms with van der Waals surface area (Å²) >= 11 is 1.51. The summed E-state index contributed by atoms with van der Waals surface area (Å²) in [6.45, 7) is 5.99. The Hall–Kier alpha value is -1.62. The number of para-hydroxylation sites is 1. The lowest BCUT2D eigenvalue weighted by molar-refractivity contribution is -0.119. The van der Waals surface area contributed by atoms with Crippen molar-refractivity contribution < 1.29 is 4.79 Å². The van der Waals surface area contributed by atoms with Crippen LogP contribution in [0.3, 0.4) is 0 Å². The highest BCUT2D eigenvalue weighted by atomic mass is 32.2. The molecule has 0 atom stereocenters. The summed E-state index contributed by atoms with van der Waals surface area (Å²) in [5, 5.41) is 4.98. The summed E-state index contributed by atoms with van der Waals surface area (Å²) in [5.41, 5.74) is 0.773. The Kier molecular flexibility index (Phi) is 5.62. The number of amides is 1. The summed E-state index contributed by atoms with van der Waals surface area (Å²) in [6, 6.07) is 8.11. The molecule has 134 valence electrons. The van der Waals surface area contributed by atoms with Crippen molar-refractivity contribution in [1.29, 1.82) is 0 Å². The second-order valence-corrected chi connectivity index (χ2v) is 8.79. The number of carbonyl (C=O) groups is 1. The largest absolute Gasteiger partial charge is 0.351 e. The number of benzene rings is 1. The van der Waals surface area contributed by atoms with Gasteiger partial charge in [0.25, 0.3) is 0 Å². The normalized spacial score (nSPS) is 16.1. The van der Waals surface area contributed by atoms with Crippen LogP contribution in [0.1, 0.15) is 64.6 Å². The molecule has 1 aliphatic carbocycles. The summed E-state index contributed by atoms with van der Waals surface area (Å²) in [4.78, 5) is 21.9. The SMILES string of the molecule is CC(C)(C)NC(=O)CSc1nc(C2CCCCC2)nc2ccccc12. The van der Waals surface area contributed by atoms with Gasteiger partial charge < -0.3 is 5.32 Å². The number of fused-ring (bicyclic) bond motifs is 1. The molecule has 1 N–H and O–H groups in total. The Morgan fingerprint density at radius 1 is 1.16 bits per heavy atom. The second kappa shape index (κ2) is 7.73. The molecule has 25 heavy (non-hydrogen) atoms. The standard InChI is InChI=1S/C20H27N3OS/c1-20(2,3)23-17(24)13-25-19-15-11-7-8-12-16(15)21-18(22-19)14-9-5-4-6-10-14/h7-8,11-12,14H,4-6,9-10,13H2,1-3H3,(H,23,24). The Balaban J connectivity index is 1.83. The number of thioether (sulfide) groups is 1. The maximum absolute atomic E-state index is 12.2. The van der Waals surface area contributed by atoms with Crippen molar-refractivity contribution in [3.05, 3.63) is 30.1 Å². The first-order chi connectivity index (χ1) is 11.9. The molecule has 0 bridgehead atoms. The number of nitrogens with one attached hydrogen (secondary N) is 1. The van der Waals surface area contributed by atoms with E-state index in [9.17, 15) is 4.79 Å². The number of aromatic nitrogens is 2. The molecule has 0 unspecified atom stereocenters. The van der Waals surface area contributed by atoms with E-state index in [0.29, 0.717) is 11.7 Å².